The molecule has 0 saturated carbocycles. The van der Waals surface area contributed by atoms with Gasteiger partial charge in [0.15, 0.2) is 0 Å². The lowest BCUT2D eigenvalue weighted by Gasteiger charge is -2.19. The Hall–Kier alpha value is 0.270. The van der Waals surface area contributed by atoms with Gasteiger partial charge in [-0.15, -0.1) is 0 Å². The molecule has 11 heavy (non-hydrogen) atoms. The van der Waals surface area contributed by atoms with Crippen LogP contribution in [-0.2, 0) is 0 Å². The highest BCUT2D eigenvalue weighted by molar-refractivity contribution is 7.80. The second-order valence-electron chi connectivity index (χ2n) is 3.37. The molecule has 0 heterocycles. The maximum Gasteiger partial charge on any atom is 0.0698 e. The fraction of sp³-hybridized carbons (Fsp3) is 1.00. The number of rotatable bonds is 5. The highest BCUT2D eigenvalue weighted by Crippen LogP contribution is 2.08. The largest absolute Gasteiger partial charge is 0.391 e. The van der Waals surface area contributed by atoms with Crippen molar-refractivity contribution in [2.75, 3.05) is 5.75 Å². The van der Waals surface area contributed by atoms with Gasteiger partial charge in [0.25, 0.3) is 0 Å². The second-order valence-corrected chi connectivity index (χ2v) is 3.82. The number of hydrogen-bond donors (Lipinski definition) is 3. The number of nitrogens with two attached hydrogens (primary N) is 1. The zero-order chi connectivity index (χ0) is 8.85. The van der Waals surface area contributed by atoms with Crippen LogP contribution in [0.25, 0.3) is 0 Å². The molecule has 0 saturated heterocycles. The maximum atomic E-state index is 9.39. The summed E-state index contributed by atoms with van der Waals surface area (Å²) < 4.78 is 0. The Bertz CT molecular complexity index is 98.1. The number of aliphatic hydroxyl groups is 1. The number of aliphatic hydroxyl groups excluding tert-OH is 1. The van der Waals surface area contributed by atoms with E-state index in [9.17, 15) is 5.11 Å². The SMILES string of the molecule is CC(C)C[C@H](N)[C@@H](O)CCS. The molecule has 2 atom stereocenters. The maximum absolute atomic E-state index is 9.39. The van der Waals surface area contributed by atoms with E-state index in [-0.39, 0.29) is 12.1 Å². The normalized spacial score (nSPS) is 16.9. The fourth-order valence-corrected chi connectivity index (χ4v) is 1.31. The molecule has 0 aliphatic rings. The molecule has 3 N–H and O–H groups in total. The van der Waals surface area contributed by atoms with Gasteiger partial charge in [-0.1, -0.05) is 13.8 Å². The van der Waals surface area contributed by atoms with Crippen molar-refractivity contribution in [3.63, 3.8) is 0 Å². The Morgan fingerprint density at radius 3 is 2.36 bits per heavy atom. The van der Waals surface area contributed by atoms with Crippen LogP contribution >= 0.6 is 12.6 Å². The van der Waals surface area contributed by atoms with E-state index in [1.807, 2.05) is 0 Å². The Balaban J connectivity index is 3.54. The standard InChI is InChI=1S/C8H19NOS/c1-6(2)5-7(9)8(10)3-4-11/h6-8,10-11H,3-5,9H2,1-2H3/t7-,8-/m0/s1. The zero-order valence-electron chi connectivity index (χ0n) is 7.33. The first kappa shape index (κ1) is 11.3. The van der Waals surface area contributed by atoms with Crippen LogP contribution in [0.15, 0.2) is 0 Å². The third-order valence-corrected chi connectivity index (χ3v) is 1.92. The van der Waals surface area contributed by atoms with E-state index in [0.717, 1.165) is 6.42 Å². The van der Waals surface area contributed by atoms with Crippen molar-refractivity contribution in [3.05, 3.63) is 0 Å². The minimum absolute atomic E-state index is 0.0813. The van der Waals surface area contributed by atoms with E-state index in [4.69, 9.17) is 5.73 Å². The van der Waals surface area contributed by atoms with Gasteiger partial charge in [-0.05, 0) is 24.5 Å². The summed E-state index contributed by atoms with van der Waals surface area (Å²) in [6.07, 6.45) is 1.20. The number of thiol groups is 1. The van der Waals surface area contributed by atoms with Crippen LogP contribution in [0.1, 0.15) is 26.7 Å². The molecule has 0 aliphatic carbocycles. The molecule has 0 bridgehead atoms. The smallest absolute Gasteiger partial charge is 0.0698 e. The first-order valence-electron chi connectivity index (χ1n) is 4.12. The van der Waals surface area contributed by atoms with E-state index >= 15 is 0 Å². The third-order valence-electron chi connectivity index (χ3n) is 1.66. The predicted octanol–water partition coefficient (Wildman–Crippen LogP) is 1.04. The van der Waals surface area contributed by atoms with Crippen molar-refractivity contribution in [3.8, 4) is 0 Å². The van der Waals surface area contributed by atoms with Gasteiger partial charge in [0.1, 0.15) is 0 Å². The Morgan fingerprint density at radius 1 is 1.45 bits per heavy atom. The molecule has 0 radical (unpaired) electrons. The summed E-state index contributed by atoms with van der Waals surface area (Å²) in [4.78, 5) is 0. The van der Waals surface area contributed by atoms with Crippen LogP contribution in [0.5, 0.6) is 0 Å². The minimum Gasteiger partial charge on any atom is -0.391 e. The van der Waals surface area contributed by atoms with E-state index in [1.165, 1.54) is 0 Å². The van der Waals surface area contributed by atoms with E-state index in [2.05, 4.69) is 26.5 Å². The van der Waals surface area contributed by atoms with Gasteiger partial charge in [0.2, 0.25) is 0 Å². The number of hydrogen-bond acceptors (Lipinski definition) is 3. The summed E-state index contributed by atoms with van der Waals surface area (Å²) in [5.74, 6) is 1.26. The van der Waals surface area contributed by atoms with Crippen molar-refractivity contribution in [1.29, 1.82) is 0 Å². The van der Waals surface area contributed by atoms with Crippen molar-refractivity contribution < 1.29 is 5.11 Å². The zero-order valence-corrected chi connectivity index (χ0v) is 8.22. The molecule has 0 aromatic rings. The summed E-state index contributed by atoms with van der Waals surface area (Å²) in [5.41, 5.74) is 5.72. The van der Waals surface area contributed by atoms with Gasteiger partial charge in [0, 0.05) is 6.04 Å². The first-order chi connectivity index (χ1) is 5.07. The fourth-order valence-electron chi connectivity index (χ4n) is 1.05. The van der Waals surface area contributed by atoms with Gasteiger partial charge in [-0.2, -0.15) is 12.6 Å². The summed E-state index contributed by atoms with van der Waals surface area (Å²) in [7, 11) is 0. The van der Waals surface area contributed by atoms with Crippen molar-refractivity contribution >= 4 is 12.6 Å². The Kier molecular flexibility index (Phi) is 6.01. The van der Waals surface area contributed by atoms with E-state index < -0.39 is 0 Å². The molecule has 2 nitrogen and oxygen atoms in total. The van der Waals surface area contributed by atoms with Crippen LogP contribution in [0, 0.1) is 5.92 Å². The monoisotopic (exact) mass is 177 g/mol. The highest BCUT2D eigenvalue weighted by atomic mass is 32.1. The van der Waals surface area contributed by atoms with Gasteiger partial charge in [-0.3, -0.25) is 0 Å². The summed E-state index contributed by atoms with van der Waals surface area (Å²) in [6.45, 7) is 4.21. The lowest BCUT2D eigenvalue weighted by Crippen LogP contribution is -2.36. The summed E-state index contributed by atoms with van der Waals surface area (Å²) >= 11 is 4.03. The third kappa shape index (κ3) is 5.53. The van der Waals surface area contributed by atoms with Crippen LogP contribution in [0.4, 0.5) is 0 Å². The Labute approximate surface area is 74.6 Å². The van der Waals surface area contributed by atoms with Crippen molar-refractivity contribution in [2.45, 2.75) is 38.8 Å². The highest BCUT2D eigenvalue weighted by Gasteiger charge is 2.14. The van der Waals surface area contributed by atoms with E-state index in [1.54, 1.807) is 0 Å². The molecule has 0 rings (SSSR count). The van der Waals surface area contributed by atoms with Gasteiger partial charge in [0.05, 0.1) is 6.10 Å². The summed E-state index contributed by atoms with van der Waals surface area (Å²) in [6, 6.07) is -0.0813. The molecule has 0 aromatic heterocycles. The molecule has 3 heteroatoms. The molecule has 0 unspecified atom stereocenters. The van der Waals surface area contributed by atoms with Crippen LogP contribution < -0.4 is 5.73 Å². The summed E-state index contributed by atoms with van der Waals surface area (Å²) in [5, 5.41) is 9.39. The quantitative estimate of drug-likeness (QED) is 0.549. The minimum atomic E-state index is -0.380. The molecular weight excluding hydrogens is 158 g/mol. The van der Waals surface area contributed by atoms with Gasteiger partial charge < -0.3 is 10.8 Å². The van der Waals surface area contributed by atoms with Crippen molar-refractivity contribution in [2.24, 2.45) is 11.7 Å². The van der Waals surface area contributed by atoms with Gasteiger partial charge >= 0.3 is 0 Å². The molecule has 0 aromatic carbocycles. The van der Waals surface area contributed by atoms with Crippen molar-refractivity contribution in [1.82, 2.24) is 0 Å². The van der Waals surface area contributed by atoms with Gasteiger partial charge in [-0.25, -0.2) is 0 Å². The van der Waals surface area contributed by atoms with Crippen LogP contribution in [0.2, 0.25) is 0 Å². The molecule has 0 spiro atoms. The molecule has 0 amide bonds. The topological polar surface area (TPSA) is 46.2 Å². The molecule has 0 fully saturated rings. The average Bonchev–Trinajstić information content (AvgIpc) is 1.86. The predicted molar refractivity (Wildman–Crippen MR) is 51.9 cm³/mol. The van der Waals surface area contributed by atoms with E-state index in [0.29, 0.717) is 18.1 Å². The Morgan fingerprint density at radius 2 is 2.00 bits per heavy atom. The van der Waals surface area contributed by atoms with Crippen LogP contribution in [0.3, 0.4) is 0 Å². The molecule has 0 aliphatic heterocycles. The molecule has 68 valence electrons. The lowest BCUT2D eigenvalue weighted by molar-refractivity contribution is 0.131. The average molecular weight is 177 g/mol. The van der Waals surface area contributed by atoms with Crippen LogP contribution in [-0.4, -0.2) is 23.0 Å². The first-order valence-corrected chi connectivity index (χ1v) is 4.75. The lowest BCUT2D eigenvalue weighted by atomic mass is 9.99. The molecular formula is C8H19NOS. The second kappa shape index (κ2) is 5.86.